The molecule has 180 valence electrons. The molecule has 0 saturated heterocycles. The molecule has 0 unspecified atom stereocenters. The lowest BCUT2D eigenvalue weighted by Gasteiger charge is -2.10. The molecule has 0 fully saturated rings. The highest BCUT2D eigenvalue weighted by atomic mass is 32.2. The number of nitriles is 1. The number of aromatic nitrogens is 2. The van der Waals surface area contributed by atoms with Gasteiger partial charge in [-0.2, -0.15) is 5.26 Å². The standard InChI is InChI=1S/C27H22N4O4S/c1-18-25(26(33)31(30(18)2)20-11-4-3-5-12-20)29-24(32)17-35-27(34)21-13-7-9-15-23(21)36-22-14-8-6-10-19(22)16-28/h3-15H,17H2,1-2H3,(H,29,32). The van der Waals surface area contributed by atoms with Gasteiger partial charge in [-0.1, -0.05) is 54.2 Å². The van der Waals surface area contributed by atoms with Crippen molar-refractivity contribution < 1.29 is 14.3 Å². The summed E-state index contributed by atoms with van der Waals surface area (Å²) in [7, 11) is 1.72. The molecule has 1 N–H and O–H groups in total. The van der Waals surface area contributed by atoms with Crippen molar-refractivity contribution in [2.24, 2.45) is 7.05 Å². The van der Waals surface area contributed by atoms with Gasteiger partial charge in [0.2, 0.25) is 0 Å². The van der Waals surface area contributed by atoms with Gasteiger partial charge < -0.3 is 10.1 Å². The van der Waals surface area contributed by atoms with Crippen LogP contribution in [0.25, 0.3) is 5.69 Å². The van der Waals surface area contributed by atoms with Crippen molar-refractivity contribution in [3.05, 3.63) is 106 Å². The monoisotopic (exact) mass is 498 g/mol. The average Bonchev–Trinajstić information content (AvgIpc) is 3.11. The molecule has 1 aromatic heterocycles. The lowest BCUT2D eigenvalue weighted by Crippen LogP contribution is -2.26. The molecule has 4 rings (SSSR count). The Morgan fingerprint density at radius 1 is 0.972 bits per heavy atom. The van der Waals surface area contributed by atoms with Gasteiger partial charge in [0.1, 0.15) is 11.8 Å². The second-order valence-electron chi connectivity index (χ2n) is 7.77. The molecule has 36 heavy (non-hydrogen) atoms. The van der Waals surface area contributed by atoms with Gasteiger partial charge in [0.05, 0.1) is 22.5 Å². The maximum atomic E-state index is 13.0. The van der Waals surface area contributed by atoms with Gasteiger partial charge in [-0.25, -0.2) is 9.48 Å². The smallest absolute Gasteiger partial charge is 0.339 e. The van der Waals surface area contributed by atoms with E-state index >= 15 is 0 Å². The molecule has 4 aromatic rings. The van der Waals surface area contributed by atoms with Crippen molar-refractivity contribution in [2.45, 2.75) is 16.7 Å². The van der Waals surface area contributed by atoms with Crippen molar-refractivity contribution in [1.29, 1.82) is 5.26 Å². The molecule has 1 heterocycles. The Balaban J connectivity index is 1.47. The molecular formula is C27H22N4O4S. The second-order valence-corrected chi connectivity index (χ2v) is 8.85. The van der Waals surface area contributed by atoms with Gasteiger partial charge in [0, 0.05) is 16.8 Å². The normalized spacial score (nSPS) is 10.5. The lowest BCUT2D eigenvalue weighted by atomic mass is 10.2. The van der Waals surface area contributed by atoms with Crippen LogP contribution in [-0.4, -0.2) is 27.8 Å². The van der Waals surface area contributed by atoms with Crippen molar-refractivity contribution in [3.8, 4) is 11.8 Å². The van der Waals surface area contributed by atoms with E-state index in [1.807, 2.05) is 24.3 Å². The second kappa shape index (κ2) is 10.8. The van der Waals surface area contributed by atoms with Gasteiger partial charge >= 0.3 is 5.97 Å². The first-order chi connectivity index (χ1) is 17.4. The maximum Gasteiger partial charge on any atom is 0.339 e. The third-order valence-electron chi connectivity index (χ3n) is 5.49. The van der Waals surface area contributed by atoms with Crippen molar-refractivity contribution in [1.82, 2.24) is 9.36 Å². The molecule has 8 nitrogen and oxygen atoms in total. The first-order valence-corrected chi connectivity index (χ1v) is 11.8. The fraction of sp³-hybridized carbons (Fsp3) is 0.111. The molecule has 0 aliphatic heterocycles. The number of rotatable bonds is 7. The number of carbonyl (C=O) groups excluding carboxylic acids is 2. The fourth-order valence-corrected chi connectivity index (χ4v) is 4.60. The molecular weight excluding hydrogens is 476 g/mol. The lowest BCUT2D eigenvalue weighted by molar-refractivity contribution is -0.119. The number of para-hydroxylation sites is 1. The van der Waals surface area contributed by atoms with Crippen LogP contribution in [0, 0.1) is 18.3 Å². The minimum absolute atomic E-state index is 0.117. The summed E-state index contributed by atoms with van der Waals surface area (Å²) >= 11 is 1.27. The van der Waals surface area contributed by atoms with Gasteiger partial charge in [0.15, 0.2) is 6.61 Å². The number of esters is 1. The molecule has 0 bridgehead atoms. The van der Waals surface area contributed by atoms with E-state index < -0.39 is 24.0 Å². The van der Waals surface area contributed by atoms with Gasteiger partial charge in [0.25, 0.3) is 11.5 Å². The number of benzene rings is 3. The van der Waals surface area contributed by atoms with E-state index in [0.29, 0.717) is 26.7 Å². The number of ether oxygens (including phenoxy) is 1. The number of hydrogen-bond donors (Lipinski definition) is 1. The zero-order valence-corrected chi connectivity index (χ0v) is 20.4. The molecule has 0 atom stereocenters. The molecule has 3 aromatic carbocycles. The third kappa shape index (κ3) is 5.09. The minimum atomic E-state index is -0.686. The van der Waals surface area contributed by atoms with E-state index in [-0.39, 0.29) is 11.3 Å². The first kappa shape index (κ1) is 24.6. The van der Waals surface area contributed by atoms with E-state index in [4.69, 9.17) is 4.74 Å². The van der Waals surface area contributed by atoms with Crippen LogP contribution in [0.4, 0.5) is 5.69 Å². The van der Waals surface area contributed by atoms with Crippen LogP contribution in [0.1, 0.15) is 21.6 Å². The topological polar surface area (TPSA) is 106 Å². The molecule has 0 saturated carbocycles. The summed E-state index contributed by atoms with van der Waals surface area (Å²) in [6.45, 7) is 1.15. The predicted octanol–water partition coefficient (Wildman–Crippen LogP) is 4.30. The third-order valence-corrected chi connectivity index (χ3v) is 6.64. The Labute approximate surface area is 211 Å². The number of amides is 1. The Morgan fingerprint density at radius 3 is 2.33 bits per heavy atom. The zero-order valence-electron chi connectivity index (χ0n) is 19.6. The summed E-state index contributed by atoms with van der Waals surface area (Å²) in [5.74, 6) is -1.32. The SMILES string of the molecule is Cc1c(NC(=O)COC(=O)c2ccccc2Sc2ccccc2C#N)c(=O)n(-c2ccccc2)n1C. The Morgan fingerprint density at radius 2 is 1.61 bits per heavy atom. The Kier molecular flexibility index (Phi) is 7.37. The van der Waals surface area contributed by atoms with Gasteiger partial charge in [-0.05, 0) is 43.3 Å². The van der Waals surface area contributed by atoms with Crippen LogP contribution in [-0.2, 0) is 16.6 Å². The predicted molar refractivity (Wildman–Crippen MR) is 136 cm³/mol. The molecule has 9 heteroatoms. The summed E-state index contributed by atoms with van der Waals surface area (Å²) in [6, 6.07) is 25.1. The van der Waals surface area contributed by atoms with E-state index in [1.165, 1.54) is 16.4 Å². The zero-order chi connectivity index (χ0) is 25.7. The molecule has 0 radical (unpaired) electrons. The van der Waals surface area contributed by atoms with E-state index in [9.17, 15) is 19.6 Å². The van der Waals surface area contributed by atoms with Crippen molar-refractivity contribution in [2.75, 3.05) is 11.9 Å². The molecule has 0 aliphatic carbocycles. The molecule has 0 spiro atoms. The maximum absolute atomic E-state index is 13.0. The van der Waals surface area contributed by atoms with Crippen molar-refractivity contribution >= 4 is 29.3 Å². The van der Waals surface area contributed by atoms with E-state index in [2.05, 4.69) is 11.4 Å². The highest BCUT2D eigenvalue weighted by molar-refractivity contribution is 7.99. The fourth-order valence-electron chi connectivity index (χ4n) is 3.59. The number of nitrogens with one attached hydrogen (secondary N) is 1. The summed E-state index contributed by atoms with van der Waals surface area (Å²) in [6.07, 6.45) is 0. The van der Waals surface area contributed by atoms with Crippen LogP contribution >= 0.6 is 11.8 Å². The summed E-state index contributed by atoms with van der Waals surface area (Å²) < 4.78 is 8.35. The van der Waals surface area contributed by atoms with Crippen LogP contribution < -0.4 is 10.9 Å². The molecule has 0 aliphatic rings. The number of hydrogen-bond acceptors (Lipinski definition) is 6. The largest absolute Gasteiger partial charge is 0.452 e. The van der Waals surface area contributed by atoms with Crippen LogP contribution in [0.15, 0.2) is 93.4 Å². The van der Waals surface area contributed by atoms with Crippen LogP contribution in [0.3, 0.4) is 0 Å². The van der Waals surface area contributed by atoms with Gasteiger partial charge in [-0.15, -0.1) is 0 Å². The van der Waals surface area contributed by atoms with E-state index in [0.717, 1.165) is 0 Å². The van der Waals surface area contributed by atoms with Gasteiger partial charge in [-0.3, -0.25) is 14.3 Å². The van der Waals surface area contributed by atoms with Crippen LogP contribution in [0.2, 0.25) is 0 Å². The molecule has 1 amide bonds. The Bertz CT molecular complexity index is 1530. The number of nitrogens with zero attached hydrogens (tertiary/aromatic N) is 3. The number of carbonyl (C=O) groups is 2. The van der Waals surface area contributed by atoms with Crippen molar-refractivity contribution in [3.63, 3.8) is 0 Å². The first-order valence-electron chi connectivity index (χ1n) is 11.0. The minimum Gasteiger partial charge on any atom is -0.452 e. The highest BCUT2D eigenvalue weighted by Gasteiger charge is 2.20. The van der Waals surface area contributed by atoms with E-state index in [1.54, 1.807) is 73.3 Å². The Hall–Kier alpha value is -4.55. The summed E-state index contributed by atoms with van der Waals surface area (Å²) in [4.78, 5) is 39.6. The number of anilines is 1. The quantitative estimate of drug-likeness (QED) is 0.381. The average molecular weight is 499 g/mol. The summed E-state index contributed by atoms with van der Waals surface area (Å²) in [5, 5.41) is 11.9. The summed E-state index contributed by atoms with van der Waals surface area (Å²) in [5.41, 5.74) is 1.70. The highest BCUT2D eigenvalue weighted by Crippen LogP contribution is 2.32. The van der Waals surface area contributed by atoms with Crippen LogP contribution in [0.5, 0.6) is 0 Å².